The molecule has 20 heavy (non-hydrogen) atoms. The van der Waals surface area contributed by atoms with Gasteiger partial charge < -0.3 is 5.32 Å². The summed E-state index contributed by atoms with van der Waals surface area (Å²) in [6.07, 6.45) is 3.74. The minimum absolute atomic E-state index is 0.183. The fourth-order valence-corrected chi connectivity index (χ4v) is 6.10. The molecule has 2 rings (SSSR count). The lowest BCUT2D eigenvalue weighted by Gasteiger charge is -2.33. The van der Waals surface area contributed by atoms with Gasteiger partial charge in [0.1, 0.15) is 0 Å². The van der Waals surface area contributed by atoms with E-state index >= 15 is 0 Å². The molecule has 8 heteroatoms. The standard InChI is InChI=1S/C12H24N2O4S2/c1-12(5-7-20(17,18)10-12)13-8-11-4-3-6-14(9-11)19(2,15)16/h11,13H,3-10H2,1-2H3. The molecule has 0 bridgehead atoms. The second-order valence-electron chi connectivity index (χ2n) is 6.41. The van der Waals surface area contributed by atoms with Crippen LogP contribution in [0, 0.1) is 5.92 Å². The predicted octanol–water partition coefficient (Wildman–Crippen LogP) is -0.175. The Morgan fingerprint density at radius 3 is 2.65 bits per heavy atom. The van der Waals surface area contributed by atoms with E-state index in [2.05, 4.69) is 5.32 Å². The Morgan fingerprint density at radius 2 is 2.10 bits per heavy atom. The molecule has 0 aromatic carbocycles. The van der Waals surface area contributed by atoms with Crippen molar-refractivity contribution in [2.24, 2.45) is 5.92 Å². The van der Waals surface area contributed by atoms with Crippen LogP contribution in [-0.4, -0.2) is 64.1 Å². The van der Waals surface area contributed by atoms with Gasteiger partial charge in [-0.3, -0.25) is 0 Å². The molecule has 0 aromatic heterocycles. The number of hydrogen-bond acceptors (Lipinski definition) is 5. The number of nitrogens with one attached hydrogen (secondary N) is 1. The van der Waals surface area contributed by atoms with Gasteiger partial charge in [0.05, 0.1) is 17.8 Å². The lowest BCUT2D eigenvalue weighted by atomic mass is 9.96. The largest absolute Gasteiger partial charge is 0.310 e. The van der Waals surface area contributed by atoms with E-state index in [-0.39, 0.29) is 23.0 Å². The van der Waals surface area contributed by atoms with Gasteiger partial charge in [0.15, 0.2) is 9.84 Å². The number of hydrogen-bond donors (Lipinski definition) is 1. The Kier molecular flexibility index (Phi) is 4.49. The molecule has 2 unspecified atom stereocenters. The molecule has 0 aromatic rings. The van der Waals surface area contributed by atoms with E-state index in [9.17, 15) is 16.8 Å². The van der Waals surface area contributed by atoms with Gasteiger partial charge in [-0.05, 0) is 38.6 Å². The zero-order valence-corrected chi connectivity index (χ0v) is 13.8. The highest BCUT2D eigenvalue weighted by Crippen LogP contribution is 2.24. The van der Waals surface area contributed by atoms with E-state index in [1.54, 1.807) is 0 Å². The first-order chi connectivity index (χ1) is 9.10. The Bertz CT molecular complexity index is 558. The summed E-state index contributed by atoms with van der Waals surface area (Å²) in [4.78, 5) is 0. The van der Waals surface area contributed by atoms with Crippen LogP contribution in [0.3, 0.4) is 0 Å². The van der Waals surface area contributed by atoms with Gasteiger partial charge in [-0.2, -0.15) is 0 Å². The second kappa shape index (κ2) is 5.55. The number of nitrogens with zero attached hydrogens (tertiary/aromatic N) is 1. The SMILES string of the molecule is CC1(NCC2CCCN(S(C)(=O)=O)C2)CCS(=O)(=O)C1. The molecule has 6 nitrogen and oxygen atoms in total. The highest BCUT2D eigenvalue weighted by Gasteiger charge is 2.38. The number of sulfone groups is 1. The van der Waals surface area contributed by atoms with Crippen molar-refractivity contribution in [1.29, 1.82) is 0 Å². The van der Waals surface area contributed by atoms with Crippen molar-refractivity contribution in [3.8, 4) is 0 Å². The van der Waals surface area contributed by atoms with Crippen LogP contribution in [0.5, 0.6) is 0 Å². The minimum Gasteiger partial charge on any atom is -0.310 e. The van der Waals surface area contributed by atoms with Crippen LogP contribution in [-0.2, 0) is 19.9 Å². The molecule has 2 aliphatic heterocycles. The molecule has 0 amide bonds. The quantitative estimate of drug-likeness (QED) is 0.776. The lowest BCUT2D eigenvalue weighted by Crippen LogP contribution is -2.49. The summed E-state index contributed by atoms with van der Waals surface area (Å²) in [6, 6.07) is 0. The number of piperidine rings is 1. The predicted molar refractivity (Wildman–Crippen MR) is 78.8 cm³/mol. The van der Waals surface area contributed by atoms with Crippen LogP contribution in [0.25, 0.3) is 0 Å². The average Bonchev–Trinajstić information content (AvgIpc) is 2.61. The Balaban J connectivity index is 1.88. The summed E-state index contributed by atoms with van der Waals surface area (Å²) in [5.74, 6) is 0.692. The number of rotatable bonds is 4. The molecule has 2 heterocycles. The zero-order chi connectivity index (χ0) is 15.0. The third-order valence-corrected chi connectivity index (χ3v) is 7.44. The highest BCUT2D eigenvalue weighted by atomic mass is 32.2. The van der Waals surface area contributed by atoms with E-state index in [1.165, 1.54) is 10.6 Å². The Hall–Kier alpha value is -0.180. The molecule has 2 fully saturated rings. The van der Waals surface area contributed by atoms with Crippen molar-refractivity contribution in [3.05, 3.63) is 0 Å². The lowest BCUT2D eigenvalue weighted by molar-refractivity contribution is 0.243. The molecule has 2 saturated heterocycles. The summed E-state index contributed by atoms with van der Waals surface area (Å²) in [5, 5.41) is 3.35. The maximum absolute atomic E-state index is 11.6. The smallest absolute Gasteiger partial charge is 0.211 e. The van der Waals surface area contributed by atoms with Gasteiger partial charge in [-0.1, -0.05) is 0 Å². The molecule has 0 aliphatic carbocycles. The molecule has 2 aliphatic rings. The van der Waals surface area contributed by atoms with E-state index in [0.717, 1.165) is 12.8 Å². The van der Waals surface area contributed by atoms with Crippen LogP contribution in [0.1, 0.15) is 26.2 Å². The van der Waals surface area contributed by atoms with E-state index in [4.69, 9.17) is 0 Å². The van der Waals surface area contributed by atoms with Crippen LogP contribution in [0.2, 0.25) is 0 Å². The fraction of sp³-hybridized carbons (Fsp3) is 1.00. The summed E-state index contributed by atoms with van der Waals surface area (Å²) in [7, 11) is -6.03. The normalized spacial score (nSPS) is 35.2. The first-order valence-corrected chi connectivity index (χ1v) is 10.7. The van der Waals surface area contributed by atoms with Crippen molar-refractivity contribution >= 4 is 19.9 Å². The van der Waals surface area contributed by atoms with Gasteiger partial charge in [-0.25, -0.2) is 21.1 Å². The van der Waals surface area contributed by atoms with Crippen molar-refractivity contribution in [1.82, 2.24) is 9.62 Å². The Labute approximate surface area is 121 Å². The van der Waals surface area contributed by atoms with Gasteiger partial charge in [0, 0.05) is 18.6 Å². The Morgan fingerprint density at radius 1 is 1.40 bits per heavy atom. The van der Waals surface area contributed by atoms with E-state index in [0.29, 0.717) is 26.1 Å². The first-order valence-electron chi connectivity index (χ1n) is 7.00. The van der Waals surface area contributed by atoms with E-state index in [1.807, 2.05) is 6.92 Å². The third kappa shape index (κ3) is 4.16. The van der Waals surface area contributed by atoms with Crippen molar-refractivity contribution in [2.45, 2.75) is 31.7 Å². The summed E-state index contributed by atoms with van der Waals surface area (Å²) >= 11 is 0. The van der Waals surface area contributed by atoms with Gasteiger partial charge in [0.25, 0.3) is 0 Å². The van der Waals surface area contributed by atoms with Gasteiger partial charge >= 0.3 is 0 Å². The van der Waals surface area contributed by atoms with E-state index < -0.39 is 19.9 Å². The monoisotopic (exact) mass is 324 g/mol. The average molecular weight is 324 g/mol. The summed E-state index contributed by atoms with van der Waals surface area (Å²) < 4.78 is 47.8. The summed E-state index contributed by atoms with van der Waals surface area (Å²) in [5.41, 5.74) is -0.355. The van der Waals surface area contributed by atoms with Crippen molar-refractivity contribution in [3.63, 3.8) is 0 Å². The number of sulfonamides is 1. The maximum atomic E-state index is 11.6. The molecular weight excluding hydrogens is 300 g/mol. The minimum atomic E-state index is -3.12. The fourth-order valence-electron chi connectivity index (χ4n) is 3.04. The van der Waals surface area contributed by atoms with Crippen LogP contribution >= 0.6 is 0 Å². The first kappa shape index (κ1) is 16.2. The van der Waals surface area contributed by atoms with Crippen LogP contribution < -0.4 is 5.32 Å². The van der Waals surface area contributed by atoms with Gasteiger partial charge in [-0.15, -0.1) is 0 Å². The van der Waals surface area contributed by atoms with Crippen molar-refractivity contribution < 1.29 is 16.8 Å². The van der Waals surface area contributed by atoms with Crippen LogP contribution in [0.15, 0.2) is 0 Å². The molecule has 0 saturated carbocycles. The highest BCUT2D eigenvalue weighted by molar-refractivity contribution is 7.91. The molecule has 1 N–H and O–H groups in total. The zero-order valence-electron chi connectivity index (χ0n) is 12.1. The molecule has 118 valence electrons. The van der Waals surface area contributed by atoms with Crippen LogP contribution in [0.4, 0.5) is 0 Å². The maximum Gasteiger partial charge on any atom is 0.211 e. The van der Waals surface area contributed by atoms with Crippen molar-refractivity contribution in [2.75, 3.05) is 37.4 Å². The third-order valence-electron chi connectivity index (χ3n) is 4.27. The summed E-state index contributed by atoms with van der Waals surface area (Å²) in [6.45, 7) is 3.75. The topological polar surface area (TPSA) is 83.6 Å². The molecule has 0 spiro atoms. The second-order valence-corrected chi connectivity index (χ2v) is 10.6. The molecule has 2 atom stereocenters. The van der Waals surface area contributed by atoms with Gasteiger partial charge in [0.2, 0.25) is 10.0 Å². The molecular formula is C12H24N2O4S2. The molecule has 0 radical (unpaired) electrons.